The van der Waals surface area contributed by atoms with Gasteiger partial charge in [0.1, 0.15) is 5.75 Å². The lowest BCUT2D eigenvalue weighted by Gasteiger charge is -2.36. The number of esters is 1. The molecule has 0 fully saturated rings. The summed E-state index contributed by atoms with van der Waals surface area (Å²) in [6, 6.07) is 10.8. The van der Waals surface area contributed by atoms with Gasteiger partial charge in [0, 0.05) is 40.1 Å². The molecule has 1 aliphatic heterocycles. The van der Waals surface area contributed by atoms with Crippen molar-refractivity contribution in [2.24, 2.45) is 0 Å². The van der Waals surface area contributed by atoms with Gasteiger partial charge in [0.2, 0.25) is 0 Å². The van der Waals surface area contributed by atoms with Crippen LogP contribution in [0.5, 0.6) is 5.75 Å². The van der Waals surface area contributed by atoms with Gasteiger partial charge in [-0.05, 0) is 42.5 Å². The highest BCUT2D eigenvalue weighted by molar-refractivity contribution is 7.10. The van der Waals surface area contributed by atoms with Gasteiger partial charge in [-0.1, -0.05) is 18.2 Å². The van der Waals surface area contributed by atoms with Crippen molar-refractivity contribution >= 4 is 23.1 Å². The van der Waals surface area contributed by atoms with Crippen LogP contribution in [0.3, 0.4) is 0 Å². The lowest BCUT2D eigenvalue weighted by molar-refractivity contribution is -0.136. The van der Waals surface area contributed by atoms with Crippen LogP contribution in [-0.4, -0.2) is 24.0 Å². The Labute approximate surface area is 167 Å². The third-order valence-corrected chi connectivity index (χ3v) is 6.42. The van der Waals surface area contributed by atoms with Gasteiger partial charge in [0.15, 0.2) is 5.78 Å². The Bertz CT molecular complexity index is 1000. The summed E-state index contributed by atoms with van der Waals surface area (Å²) >= 11 is 1.66. The molecule has 28 heavy (non-hydrogen) atoms. The number of ketones is 1. The summed E-state index contributed by atoms with van der Waals surface area (Å²) < 4.78 is 5.01. The summed E-state index contributed by atoms with van der Waals surface area (Å²) in [5, 5.41) is 15.3. The molecule has 4 rings (SSSR count). The SMILES string of the molecule is COC(=O)C1=C(C)NC2=C(C(=O)C[C@@H](c3cccs3)C2)[C@@H]1c1cccc(O)c1. The number of hydrogen-bond acceptors (Lipinski definition) is 6. The van der Waals surface area contributed by atoms with Gasteiger partial charge in [-0.25, -0.2) is 4.79 Å². The molecule has 1 aliphatic carbocycles. The fourth-order valence-corrected chi connectivity index (χ4v) is 5.01. The van der Waals surface area contributed by atoms with E-state index in [0.29, 0.717) is 35.2 Å². The number of aromatic hydroxyl groups is 1. The monoisotopic (exact) mass is 395 g/mol. The quantitative estimate of drug-likeness (QED) is 0.769. The van der Waals surface area contributed by atoms with Crippen molar-refractivity contribution in [2.45, 2.75) is 31.6 Å². The third kappa shape index (κ3) is 3.14. The van der Waals surface area contributed by atoms with Crippen molar-refractivity contribution < 1.29 is 19.4 Å². The molecule has 0 spiro atoms. The highest BCUT2D eigenvalue weighted by Crippen LogP contribution is 2.46. The van der Waals surface area contributed by atoms with Crippen molar-refractivity contribution in [2.75, 3.05) is 7.11 Å². The van der Waals surface area contributed by atoms with Gasteiger partial charge < -0.3 is 15.2 Å². The van der Waals surface area contributed by atoms with Crippen LogP contribution in [0.4, 0.5) is 0 Å². The molecule has 2 aliphatic rings. The van der Waals surface area contributed by atoms with E-state index in [9.17, 15) is 14.7 Å². The number of dihydropyridines is 1. The molecule has 0 saturated heterocycles. The Balaban J connectivity index is 1.83. The average molecular weight is 395 g/mol. The molecule has 0 amide bonds. The van der Waals surface area contributed by atoms with Crippen molar-refractivity contribution in [3.05, 3.63) is 74.8 Å². The van der Waals surface area contributed by atoms with Gasteiger partial charge in [-0.3, -0.25) is 4.79 Å². The second kappa shape index (κ2) is 7.28. The van der Waals surface area contributed by atoms with Gasteiger partial charge in [-0.15, -0.1) is 11.3 Å². The largest absolute Gasteiger partial charge is 0.508 e. The number of ether oxygens (including phenoxy) is 1. The van der Waals surface area contributed by atoms with Crippen molar-refractivity contribution in [1.82, 2.24) is 5.32 Å². The highest BCUT2D eigenvalue weighted by Gasteiger charge is 2.41. The molecule has 2 heterocycles. The molecule has 6 heteroatoms. The number of allylic oxidation sites excluding steroid dienone is 3. The predicted octanol–water partition coefficient (Wildman–Crippen LogP) is 3.99. The van der Waals surface area contributed by atoms with Crippen LogP contribution in [0.25, 0.3) is 0 Å². The van der Waals surface area contributed by atoms with Crippen molar-refractivity contribution in [3.63, 3.8) is 0 Å². The van der Waals surface area contributed by atoms with E-state index >= 15 is 0 Å². The molecule has 1 aromatic carbocycles. The lowest BCUT2D eigenvalue weighted by Crippen LogP contribution is -2.35. The molecule has 2 atom stereocenters. The first-order chi connectivity index (χ1) is 13.5. The number of phenols is 1. The highest BCUT2D eigenvalue weighted by atomic mass is 32.1. The first-order valence-corrected chi connectivity index (χ1v) is 10.0. The minimum atomic E-state index is -0.549. The number of thiophene rings is 1. The van der Waals surface area contributed by atoms with Crippen LogP contribution in [0.15, 0.2) is 64.3 Å². The van der Waals surface area contributed by atoms with E-state index in [1.54, 1.807) is 29.5 Å². The molecular weight excluding hydrogens is 374 g/mol. The Kier molecular flexibility index (Phi) is 4.81. The van der Waals surface area contributed by atoms with E-state index in [1.165, 1.54) is 12.0 Å². The molecule has 144 valence electrons. The number of benzene rings is 1. The zero-order chi connectivity index (χ0) is 19.8. The molecule has 2 aromatic rings. The Morgan fingerprint density at radius 3 is 2.75 bits per heavy atom. The lowest BCUT2D eigenvalue weighted by atomic mass is 9.72. The number of phenolic OH excluding ortho intramolecular Hbond substituents is 1. The second-order valence-electron chi connectivity index (χ2n) is 7.12. The molecule has 1 aromatic heterocycles. The molecule has 0 unspecified atom stereocenters. The summed E-state index contributed by atoms with van der Waals surface area (Å²) in [6.45, 7) is 1.82. The minimum absolute atomic E-state index is 0.0226. The molecule has 2 N–H and O–H groups in total. The van der Waals surface area contributed by atoms with E-state index in [0.717, 1.165) is 5.70 Å². The topological polar surface area (TPSA) is 75.6 Å². The minimum Gasteiger partial charge on any atom is -0.508 e. The number of Topliss-reactive ketones (excluding diaryl/α,β-unsaturated/α-hetero) is 1. The van der Waals surface area contributed by atoms with Gasteiger partial charge in [0.05, 0.1) is 12.7 Å². The number of carbonyl (C=O) groups is 2. The Morgan fingerprint density at radius 1 is 1.25 bits per heavy atom. The van der Waals surface area contributed by atoms with Crippen LogP contribution in [0.1, 0.15) is 42.0 Å². The molecule has 0 saturated carbocycles. The molecule has 0 bridgehead atoms. The standard InChI is InChI=1S/C22H21NO4S/c1-12-19(22(26)27-2)20(13-5-3-6-15(24)9-13)21-16(23-12)10-14(11-17(21)25)18-7-4-8-28-18/h3-9,14,20,23-24H,10-11H2,1-2H3/t14-,20+/m0/s1. The fourth-order valence-electron chi connectivity index (χ4n) is 4.18. The smallest absolute Gasteiger partial charge is 0.336 e. The second-order valence-corrected chi connectivity index (χ2v) is 8.10. The number of hydrogen-bond donors (Lipinski definition) is 2. The van der Waals surface area contributed by atoms with Crippen LogP contribution >= 0.6 is 11.3 Å². The molecular formula is C22H21NO4S. The molecule has 0 radical (unpaired) electrons. The normalized spacial score (nSPS) is 22.0. The maximum atomic E-state index is 13.2. The number of carbonyl (C=O) groups excluding carboxylic acids is 2. The first-order valence-electron chi connectivity index (χ1n) is 9.14. The third-order valence-electron chi connectivity index (χ3n) is 5.38. The summed E-state index contributed by atoms with van der Waals surface area (Å²) in [7, 11) is 1.33. The maximum Gasteiger partial charge on any atom is 0.336 e. The van der Waals surface area contributed by atoms with E-state index in [2.05, 4.69) is 11.4 Å². The van der Waals surface area contributed by atoms with Crippen LogP contribution in [0, 0.1) is 0 Å². The van der Waals surface area contributed by atoms with Crippen LogP contribution in [-0.2, 0) is 14.3 Å². The van der Waals surface area contributed by atoms with Gasteiger partial charge in [-0.2, -0.15) is 0 Å². The average Bonchev–Trinajstić information content (AvgIpc) is 3.21. The zero-order valence-corrected chi connectivity index (χ0v) is 16.5. The van der Waals surface area contributed by atoms with E-state index in [4.69, 9.17) is 4.74 Å². The first kappa shape index (κ1) is 18.5. The number of rotatable bonds is 3. The van der Waals surface area contributed by atoms with Crippen LogP contribution < -0.4 is 5.32 Å². The maximum absolute atomic E-state index is 13.2. The van der Waals surface area contributed by atoms with Gasteiger partial charge in [0.25, 0.3) is 0 Å². The Hall–Kier alpha value is -2.86. The molecule has 5 nitrogen and oxygen atoms in total. The Morgan fingerprint density at radius 2 is 2.07 bits per heavy atom. The van der Waals surface area contributed by atoms with E-state index < -0.39 is 11.9 Å². The van der Waals surface area contributed by atoms with Crippen molar-refractivity contribution in [3.8, 4) is 5.75 Å². The predicted molar refractivity (Wildman–Crippen MR) is 107 cm³/mol. The summed E-state index contributed by atoms with van der Waals surface area (Å²) in [6.07, 6.45) is 1.12. The fraction of sp³-hybridized carbons (Fsp3) is 0.273. The summed E-state index contributed by atoms with van der Waals surface area (Å²) in [5.41, 5.74) is 3.25. The summed E-state index contributed by atoms with van der Waals surface area (Å²) in [4.78, 5) is 27.0. The number of methoxy groups -OCH3 is 1. The van der Waals surface area contributed by atoms with Gasteiger partial charge >= 0.3 is 5.97 Å². The van der Waals surface area contributed by atoms with E-state index in [-0.39, 0.29) is 17.5 Å². The number of nitrogens with one attached hydrogen (secondary N) is 1. The van der Waals surface area contributed by atoms with Crippen LogP contribution in [0.2, 0.25) is 0 Å². The van der Waals surface area contributed by atoms with E-state index in [1.807, 2.05) is 24.4 Å². The zero-order valence-electron chi connectivity index (χ0n) is 15.7. The summed E-state index contributed by atoms with van der Waals surface area (Å²) in [5.74, 6) is -0.768. The van der Waals surface area contributed by atoms with Crippen molar-refractivity contribution in [1.29, 1.82) is 0 Å².